The van der Waals surface area contributed by atoms with Crippen molar-refractivity contribution >= 4 is 17.9 Å². The number of hydrogen-bond acceptors (Lipinski definition) is 6. The first kappa shape index (κ1) is 77.8. The fourth-order valence-electron chi connectivity index (χ4n) is 9.52. The van der Waals surface area contributed by atoms with Gasteiger partial charge in [0.15, 0.2) is 6.10 Å². The summed E-state index contributed by atoms with van der Waals surface area (Å²) in [5, 5.41) is 0. The van der Waals surface area contributed by atoms with E-state index in [1.165, 1.54) is 161 Å². The summed E-state index contributed by atoms with van der Waals surface area (Å²) in [4.78, 5) is 38.3. The van der Waals surface area contributed by atoms with Gasteiger partial charge in [0.25, 0.3) is 0 Å². The highest BCUT2D eigenvalue weighted by Gasteiger charge is 2.19. The molecule has 0 radical (unpaired) electrons. The second kappa shape index (κ2) is 69.3. The predicted molar refractivity (Wildman–Crippen MR) is 357 cm³/mol. The summed E-state index contributed by atoms with van der Waals surface area (Å²) in [6.45, 7) is 6.47. The lowest BCUT2D eigenvalue weighted by Crippen LogP contribution is -2.30. The highest BCUT2D eigenvalue weighted by Crippen LogP contribution is 2.16. The van der Waals surface area contributed by atoms with E-state index < -0.39 is 6.10 Å². The summed E-state index contributed by atoms with van der Waals surface area (Å²) < 4.78 is 16.9. The zero-order chi connectivity index (χ0) is 59.2. The molecule has 1 unspecified atom stereocenters. The maximum absolute atomic E-state index is 12.9. The van der Waals surface area contributed by atoms with E-state index in [2.05, 4.69) is 142 Å². The highest BCUT2D eigenvalue weighted by molar-refractivity contribution is 5.71. The molecule has 0 rings (SSSR count). The van der Waals surface area contributed by atoms with E-state index in [9.17, 15) is 14.4 Å². The van der Waals surface area contributed by atoms with Crippen LogP contribution in [0.5, 0.6) is 0 Å². The second-order valence-corrected chi connectivity index (χ2v) is 22.7. The highest BCUT2D eigenvalue weighted by atomic mass is 16.6. The molecule has 0 amide bonds. The molecule has 0 heterocycles. The van der Waals surface area contributed by atoms with E-state index in [0.717, 1.165) is 122 Å². The van der Waals surface area contributed by atoms with Gasteiger partial charge < -0.3 is 14.2 Å². The molecule has 0 aliphatic rings. The van der Waals surface area contributed by atoms with Gasteiger partial charge in [-0.25, -0.2) is 0 Å². The zero-order valence-corrected chi connectivity index (χ0v) is 53.7. The third-order valence-corrected chi connectivity index (χ3v) is 14.7. The fraction of sp³-hybridized carbons (Fsp3) is 0.697. The van der Waals surface area contributed by atoms with Crippen LogP contribution in [0.1, 0.15) is 323 Å². The molecule has 0 N–H and O–H groups in total. The van der Waals surface area contributed by atoms with Gasteiger partial charge in [-0.1, -0.05) is 296 Å². The number of rotatable bonds is 62. The summed E-state index contributed by atoms with van der Waals surface area (Å²) >= 11 is 0. The van der Waals surface area contributed by atoms with Crippen LogP contribution in [0.25, 0.3) is 0 Å². The molecule has 6 nitrogen and oxygen atoms in total. The van der Waals surface area contributed by atoms with Crippen molar-refractivity contribution in [3.8, 4) is 0 Å². The summed E-state index contributed by atoms with van der Waals surface area (Å²) in [6, 6.07) is 0. The third-order valence-electron chi connectivity index (χ3n) is 14.7. The minimum absolute atomic E-state index is 0.0833. The molecule has 0 saturated carbocycles. The Labute approximate surface area is 507 Å². The van der Waals surface area contributed by atoms with Crippen LogP contribution in [0.4, 0.5) is 0 Å². The molecule has 0 aromatic rings. The van der Waals surface area contributed by atoms with Gasteiger partial charge >= 0.3 is 17.9 Å². The second-order valence-electron chi connectivity index (χ2n) is 22.7. The van der Waals surface area contributed by atoms with Crippen molar-refractivity contribution in [3.63, 3.8) is 0 Å². The Balaban J connectivity index is 4.18. The summed E-state index contributed by atoms with van der Waals surface area (Å²) in [5.74, 6) is -0.892. The minimum atomic E-state index is -0.786. The molecular weight excluding hydrogens is 1010 g/mol. The van der Waals surface area contributed by atoms with Crippen molar-refractivity contribution in [1.29, 1.82) is 0 Å². The lowest BCUT2D eigenvalue weighted by Gasteiger charge is -2.18. The van der Waals surface area contributed by atoms with Gasteiger partial charge in [0.2, 0.25) is 0 Å². The molecule has 0 fully saturated rings. The Hall–Kier alpha value is -4.19. The quantitative estimate of drug-likeness (QED) is 0.0261. The summed E-state index contributed by atoms with van der Waals surface area (Å²) in [7, 11) is 0. The van der Waals surface area contributed by atoms with E-state index in [-0.39, 0.29) is 31.1 Å². The monoisotopic (exact) mass is 1140 g/mol. The molecule has 82 heavy (non-hydrogen) atoms. The normalized spacial score (nSPS) is 12.9. The van der Waals surface area contributed by atoms with E-state index in [1.807, 2.05) is 0 Å². The number of allylic oxidation sites excluding steroid dienone is 20. The van der Waals surface area contributed by atoms with Gasteiger partial charge in [0.05, 0.1) is 0 Å². The smallest absolute Gasteiger partial charge is 0.306 e. The predicted octanol–water partition coefficient (Wildman–Crippen LogP) is 23.9. The van der Waals surface area contributed by atoms with Crippen LogP contribution >= 0.6 is 0 Å². The average molecular weight is 1140 g/mol. The van der Waals surface area contributed by atoms with Gasteiger partial charge in [-0.05, 0) is 128 Å². The van der Waals surface area contributed by atoms with Crippen molar-refractivity contribution in [3.05, 3.63) is 122 Å². The number of unbranched alkanes of at least 4 members (excludes halogenated alkanes) is 31. The van der Waals surface area contributed by atoms with Crippen molar-refractivity contribution in [1.82, 2.24) is 0 Å². The molecule has 0 aromatic carbocycles. The van der Waals surface area contributed by atoms with Crippen LogP contribution in [0.2, 0.25) is 0 Å². The summed E-state index contributed by atoms with van der Waals surface area (Å²) in [5.41, 5.74) is 0. The van der Waals surface area contributed by atoms with Crippen LogP contribution in [0, 0.1) is 0 Å². The summed E-state index contributed by atoms with van der Waals surface area (Å²) in [6.07, 6.45) is 96.6. The maximum atomic E-state index is 12.9. The number of carbonyl (C=O) groups is 3. The molecule has 0 saturated heterocycles. The Morgan fingerprint density at radius 1 is 0.256 bits per heavy atom. The largest absolute Gasteiger partial charge is 0.462 e. The van der Waals surface area contributed by atoms with Gasteiger partial charge in [-0.3, -0.25) is 14.4 Å². The number of ether oxygens (including phenoxy) is 3. The van der Waals surface area contributed by atoms with Crippen LogP contribution in [0.3, 0.4) is 0 Å². The standard InChI is InChI=1S/C76H128O6/c1-4-7-10-13-16-19-22-24-26-28-30-31-32-33-34-35-36-37-38-39-40-41-42-43-44-45-47-48-50-52-54-57-60-63-66-69-75(78)81-72-73(71-80-74(77)68-65-62-59-56-21-18-15-12-9-6-3)82-76(79)70-67-64-61-58-55-53-51-49-46-29-27-25-23-20-17-14-11-8-5-2/h7,10,12,15-16,19,24-27,30-31,33-34,36-37,39-40,42-43,73H,4-6,8-9,11,13-14,17-18,20-23,28-29,32,35,38,41,44-72H2,1-3H3/b10-7-,15-12-,19-16-,26-24-,27-25-,31-30-,34-33-,37-36-,40-39-,43-42-. The fourth-order valence-corrected chi connectivity index (χ4v) is 9.52. The first-order valence-electron chi connectivity index (χ1n) is 34.5. The molecule has 1 atom stereocenters. The zero-order valence-electron chi connectivity index (χ0n) is 53.7. The Bertz CT molecular complexity index is 1690. The Morgan fingerprint density at radius 3 is 0.805 bits per heavy atom. The Morgan fingerprint density at radius 2 is 0.500 bits per heavy atom. The number of carbonyl (C=O) groups excluding carboxylic acids is 3. The van der Waals surface area contributed by atoms with Crippen LogP contribution in [-0.2, 0) is 28.6 Å². The van der Waals surface area contributed by atoms with Crippen molar-refractivity contribution in [2.24, 2.45) is 0 Å². The molecule has 0 spiro atoms. The van der Waals surface area contributed by atoms with Crippen molar-refractivity contribution in [2.75, 3.05) is 13.2 Å². The van der Waals surface area contributed by atoms with Gasteiger partial charge in [0, 0.05) is 19.3 Å². The topological polar surface area (TPSA) is 78.9 Å². The van der Waals surface area contributed by atoms with E-state index >= 15 is 0 Å². The van der Waals surface area contributed by atoms with E-state index in [0.29, 0.717) is 19.3 Å². The molecule has 6 heteroatoms. The number of hydrogen-bond donors (Lipinski definition) is 0. The maximum Gasteiger partial charge on any atom is 0.306 e. The molecule has 0 aromatic heterocycles. The first-order valence-corrected chi connectivity index (χ1v) is 34.5. The minimum Gasteiger partial charge on any atom is -0.462 e. The molecule has 468 valence electrons. The van der Waals surface area contributed by atoms with Gasteiger partial charge in [-0.15, -0.1) is 0 Å². The molecular formula is C76H128O6. The number of esters is 3. The lowest BCUT2D eigenvalue weighted by atomic mass is 10.0. The molecule has 0 aliphatic carbocycles. The van der Waals surface area contributed by atoms with Gasteiger partial charge in [-0.2, -0.15) is 0 Å². The van der Waals surface area contributed by atoms with Crippen LogP contribution in [-0.4, -0.2) is 37.2 Å². The molecule has 0 aliphatic heterocycles. The Kier molecular flexibility index (Phi) is 65.8. The van der Waals surface area contributed by atoms with E-state index in [4.69, 9.17) is 14.2 Å². The SMILES string of the molecule is CC/C=C\C/C=C\C/C=C\C/C=C\C/C=C\C/C=C\C/C=C\C/C=C\CCCCCCCCCCCCC(=O)OCC(COC(=O)CCCCCCC/C=C\CCC)OC(=O)CCCCCCCCCCC/C=C\CCCCCCCC. The van der Waals surface area contributed by atoms with Gasteiger partial charge in [0.1, 0.15) is 13.2 Å². The van der Waals surface area contributed by atoms with Crippen LogP contribution in [0.15, 0.2) is 122 Å². The van der Waals surface area contributed by atoms with Crippen molar-refractivity contribution < 1.29 is 28.6 Å². The van der Waals surface area contributed by atoms with E-state index in [1.54, 1.807) is 0 Å². The lowest BCUT2D eigenvalue weighted by molar-refractivity contribution is -0.167. The first-order chi connectivity index (χ1) is 40.5. The molecule has 0 bridgehead atoms. The van der Waals surface area contributed by atoms with Crippen molar-refractivity contribution in [2.45, 2.75) is 329 Å². The third kappa shape index (κ3) is 66.6. The average Bonchev–Trinajstić information content (AvgIpc) is 3.48. The van der Waals surface area contributed by atoms with Crippen LogP contribution < -0.4 is 0 Å².